The zero-order chi connectivity index (χ0) is 12.5. The predicted octanol–water partition coefficient (Wildman–Crippen LogP) is -0.205. The van der Waals surface area contributed by atoms with Crippen LogP contribution < -0.4 is 0 Å². The Kier molecular flexibility index (Phi) is 3.50. The van der Waals surface area contributed by atoms with Gasteiger partial charge in [-0.2, -0.15) is 4.31 Å². The van der Waals surface area contributed by atoms with E-state index in [0.717, 1.165) is 31.0 Å². The molecule has 0 radical (unpaired) electrons. The molecular weight excluding hydrogens is 240 g/mol. The number of aryl methyl sites for hydroxylation is 1. The molecule has 0 amide bonds. The third kappa shape index (κ3) is 3.05. The zero-order valence-corrected chi connectivity index (χ0v) is 11.0. The van der Waals surface area contributed by atoms with Crippen LogP contribution in [0, 0.1) is 6.92 Å². The third-order valence-electron chi connectivity index (χ3n) is 3.11. The van der Waals surface area contributed by atoms with E-state index >= 15 is 0 Å². The minimum absolute atomic E-state index is 0.572. The maximum atomic E-state index is 11.4. The monoisotopic (exact) mass is 258 g/mol. The molecule has 1 saturated heterocycles. The SMILES string of the molecule is Cc1[nH]cnc1CN1CCN(S(C)(=O)=O)CC1. The Hall–Kier alpha value is -0.920. The number of sulfonamides is 1. The first kappa shape index (κ1) is 12.5. The van der Waals surface area contributed by atoms with Crippen LogP contribution in [0.1, 0.15) is 11.4 Å². The maximum absolute atomic E-state index is 11.4. The summed E-state index contributed by atoms with van der Waals surface area (Å²) >= 11 is 0. The smallest absolute Gasteiger partial charge is 0.211 e. The summed E-state index contributed by atoms with van der Waals surface area (Å²) in [4.78, 5) is 9.52. The van der Waals surface area contributed by atoms with Crippen molar-refractivity contribution in [1.29, 1.82) is 0 Å². The lowest BCUT2D eigenvalue weighted by Crippen LogP contribution is -2.47. The van der Waals surface area contributed by atoms with E-state index in [1.807, 2.05) is 6.92 Å². The van der Waals surface area contributed by atoms with Gasteiger partial charge in [0, 0.05) is 38.4 Å². The maximum Gasteiger partial charge on any atom is 0.211 e. The second-order valence-electron chi connectivity index (χ2n) is 4.41. The van der Waals surface area contributed by atoms with E-state index in [4.69, 9.17) is 0 Å². The van der Waals surface area contributed by atoms with Crippen molar-refractivity contribution in [2.24, 2.45) is 0 Å². The fraction of sp³-hybridized carbons (Fsp3) is 0.700. The van der Waals surface area contributed by atoms with Crippen LogP contribution in [0.3, 0.4) is 0 Å². The molecule has 2 heterocycles. The van der Waals surface area contributed by atoms with Crippen LogP contribution in [0.2, 0.25) is 0 Å². The van der Waals surface area contributed by atoms with E-state index in [9.17, 15) is 8.42 Å². The van der Waals surface area contributed by atoms with E-state index in [2.05, 4.69) is 14.9 Å². The standard InChI is InChI=1S/C10H18N4O2S/c1-9-10(12-8-11-9)7-13-3-5-14(6-4-13)17(2,15)16/h8H,3-7H2,1-2H3,(H,11,12). The van der Waals surface area contributed by atoms with Crippen molar-refractivity contribution >= 4 is 10.0 Å². The highest BCUT2D eigenvalue weighted by Crippen LogP contribution is 2.10. The van der Waals surface area contributed by atoms with Crippen molar-refractivity contribution in [2.45, 2.75) is 13.5 Å². The number of imidazole rings is 1. The largest absolute Gasteiger partial charge is 0.348 e. The fourth-order valence-corrected chi connectivity index (χ4v) is 2.80. The lowest BCUT2D eigenvalue weighted by molar-refractivity contribution is 0.180. The molecule has 1 aliphatic rings. The van der Waals surface area contributed by atoms with Gasteiger partial charge in [0.15, 0.2) is 0 Å². The average molecular weight is 258 g/mol. The molecule has 7 heteroatoms. The number of hydrogen-bond donors (Lipinski definition) is 1. The predicted molar refractivity (Wildman–Crippen MR) is 65.0 cm³/mol. The van der Waals surface area contributed by atoms with E-state index in [0.29, 0.717) is 13.1 Å². The van der Waals surface area contributed by atoms with Crippen molar-refractivity contribution in [3.8, 4) is 0 Å². The number of aromatic nitrogens is 2. The van der Waals surface area contributed by atoms with Crippen LogP contribution in [0.25, 0.3) is 0 Å². The number of piperazine rings is 1. The Morgan fingerprint density at radius 2 is 2.00 bits per heavy atom. The van der Waals surface area contributed by atoms with Crippen LogP contribution >= 0.6 is 0 Å². The Morgan fingerprint density at radius 1 is 1.35 bits per heavy atom. The summed E-state index contributed by atoms with van der Waals surface area (Å²) in [5.41, 5.74) is 2.12. The third-order valence-corrected chi connectivity index (χ3v) is 4.41. The minimum Gasteiger partial charge on any atom is -0.348 e. The molecule has 2 rings (SSSR count). The minimum atomic E-state index is -3.03. The van der Waals surface area contributed by atoms with Crippen molar-refractivity contribution in [3.05, 3.63) is 17.7 Å². The molecular formula is C10H18N4O2S. The summed E-state index contributed by atoms with van der Waals surface area (Å²) < 4.78 is 24.2. The van der Waals surface area contributed by atoms with E-state index in [1.165, 1.54) is 10.6 Å². The molecule has 0 bridgehead atoms. The summed E-state index contributed by atoms with van der Waals surface area (Å²) in [6, 6.07) is 0. The first-order valence-corrected chi connectivity index (χ1v) is 7.48. The van der Waals surface area contributed by atoms with Gasteiger partial charge in [-0.25, -0.2) is 13.4 Å². The van der Waals surface area contributed by atoms with Crippen molar-refractivity contribution in [1.82, 2.24) is 19.2 Å². The van der Waals surface area contributed by atoms with Crippen LogP contribution in [-0.2, 0) is 16.6 Å². The van der Waals surface area contributed by atoms with Gasteiger partial charge in [-0.1, -0.05) is 0 Å². The Labute approximate surface area is 102 Å². The van der Waals surface area contributed by atoms with Crippen molar-refractivity contribution in [2.75, 3.05) is 32.4 Å². The highest BCUT2D eigenvalue weighted by molar-refractivity contribution is 7.88. The molecule has 0 atom stereocenters. The van der Waals surface area contributed by atoms with E-state index in [-0.39, 0.29) is 0 Å². The summed E-state index contributed by atoms with van der Waals surface area (Å²) in [6.07, 6.45) is 2.96. The molecule has 1 N–H and O–H groups in total. The fourth-order valence-electron chi connectivity index (χ4n) is 1.98. The lowest BCUT2D eigenvalue weighted by Gasteiger charge is -2.32. The van der Waals surface area contributed by atoms with Gasteiger partial charge in [-0.05, 0) is 6.92 Å². The molecule has 96 valence electrons. The Bertz CT molecular complexity index is 474. The number of aromatic amines is 1. The molecule has 1 fully saturated rings. The highest BCUT2D eigenvalue weighted by atomic mass is 32.2. The molecule has 0 aromatic carbocycles. The van der Waals surface area contributed by atoms with Gasteiger partial charge in [0.25, 0.3) is 0 Å². The van der Waals surface area contributed by atoms with Crippen molar-refractivity contribution in [3.63, 3.8) is 0 Å². The number of nitrogens with zero attached hydrogens (tertiary/aromatic N) is 3. The number of H-pyrrole nitrogens is 1. The van der Waals surface area contributed by atoms with Gasteiger partial charge >= 0.3 is 0 Å². The highest BCUT2D eigenvalue weighted by Gasteiger charge is 2.23. The number of nitrogens with one attached hydrogen (secondary N) is 1. The molecule has 0 aliphatic carbocycles. The average Bonchev–Trinajstić information content (AvgIpc) is 2.64. The first-order valence-electron chi connectivity index (χ1n) is 5.63. The molecule has 1 aromatic heterocycles. The van der Waals surface area contributed by atoms with E-state index < -0.39 is 10.0 Å². The first-order chi connectivity index (χ1) is 7.97. The molecule has 6 nitrogen and oxygen atoms in total. The summed E-state index contributed by atoms with van der Waals surface area (Å²) in [7, 11) is -3.03. The van der Waals surface area contributed by atoms with Gasteiger partial charge in [-0.15, -0.1) is 0 Å². The second-order valence-corrected chi connectivity index (χ2v) is 6.39. The molecule has 1 aliphatic heterocycles. The lowest BCUT2D eigenvalue weighted by atomic mass is 10.3. The van der Waals surface area contributed by atoms with Gasteiger partial charge in [0.1, 0.15) is 0 Å². The summed E-state index contributed by atoms with van der Waals surface area (Å²) in [5.74, 6) is 0. The van der Waals surface area contributed by atoms with Gasteiger partial charge in [0.05, 0.1) is 18.3 Å². The summed E-state index contributed by atoms with van der Waals surface area (Å²) in [6.45, 7) is 5.45. The number of hydrogen-bond acceptors (Lipinski definition) is 4. The van der Waals surface area contributed by atoms with Crippen LogP contribution in [-0.4, -0.2) is 60.0 Å². The molecule has 0 unspecified atom stereocenters. The van der Waals surface area contributed by atoms with Gasteiger partial charge in [0.2, 0.25) is 10.0 Å². The van der Waals surface area contributed by atoms with Gasteiger partial charge < -0.3 is 4.98 Å². The van der Waals surface area contributed by atoms with Gasteiger partial charge in [-0.3, -0.25) is 4.90 Å². The molecule has 1 aromatic rings. The van der Waals surface area contributed by atoms with E-state index in [1.54, 1.807) is 6.33 Å². The normalized spacial score (nSPS) is 19.6. The Morgan fingerprint density at radius 3 is 2.47 bits per heavy atom. The van der Waals surface area contributed by atoms with Crippen molar-refractivity contribution < 1.29 is 8.42 Å². The number of rotatable bonds is 3. The van der Waals surface area contributed by atoms with Crippen LogP contribution in [0.15, 0.2) is 6.33 Å². The topological polar surface area (TPSA) is 69.3 Å². The molecule has 0 saturated carbocycles. The summed E-state index contributed by atoms with van der Waals surface area (Å²) in [5, 5.41) is 0. The van der Waals surface area contributed by atoms with Crippen LogP contribution in [0.5, 0.6) is 0 Å². The quantitative estimate of drug-likeness (QED) is 0.815. The van der Waals surface area contributed by atoms with Crippen LogP contribution in [0.4, 0.5) is 0 Å². The second kappa shape index (κ2) is 4.75. The molecule has 0 spiro atoms. The Balaban J connectivity index is 1.90. The molecule has 17 heavy (non-hydrogen) atoms. The zero-order valence-electron chi connectivity index (χ0n) is 10.2.